The van der Waals surface area contributed by atoms with E-state index < -0.39 is 12.7 Å². The highest BCUT2D eigenvalue weighted by molar-refractivity contribution is 7.92. The molecule has 0 bridgehead atoms. The molecular weight excluding hydrogens is 245 g/mol. The number of benzene rings is 1. The molecule has 0 spiro atoms. The van der Waals surface area contributed by atoms with Gasteiger partial charge in [-0.25, -0.2) is 8.70 Å². The van der Waals surface area contributed by atoms with Crippen LogP contribution < -0.4 is 4.89 Å². The minimum absolute atomic E-state index is 0.0942. The van der Waals surface area contributed by atoms with Gasteiger partial charge in [0.1, 0.15) is 24.9 Å². The van der Waals surface area contributed by atoms with Gasteiger partial charge in [-0.3, -0.25) is 4.79 Å². The quantitative estimate of drug-likeness (QED) is 0.350. The molecule has 2 rings (SSSR count). The van der Waals surface area contributed by atoms with Crippen LogP contribution in [0.5, 0.6) is 5.75 Å². The number of para-hydroxylation sites is 1. The Morgan fingerprint density at radius 2 is 2.18 bits per heavy atom. The molecule has 1 aromatic rings. The molecule has 0 saturated carbocycles. The summed E-state index contributed by atoms with van der Waals surface area (Å²) in [6.07, 6.45) is 0.357. The predicted molar refractivity (Wildman–Crippen MR) is 61.8 cm³/mol. The maximum absolute atomic E-state index is 12.6. The van der Waals surface area contributed by atoms with Gasteiger partial charge in [0.2, 0.25) is 0 Å². The van der Waals surface area contributed by atoms with E-state index in [0.29, 0.717) is 18.7 Å². The predicted octanol–water partition coefficient (Wildman–Crippen LogP) is 2.17. The molecule has 6 heteroatoms. The number of carbonyl (C=O) groups excluding carboxylic acids is 1. The van der Waals surface area contributed by atoms with Gasteiger partial charge in [0.15, 0.2) is 11.5 Å². The molecule has 1 heterocycles. The molecular formula is C11H12FNO3S. The van der Waals surface area contributed by atoms with Crippen LogP contribution in [-0.2, 0) is 9.13 Å². The van der Waals surface area contributed by atoms with Crippen molar-refractivity contribution in [3.8, 4) is 5.75 Å². The minimum Gasteiger partial charge on any atom is -0.324 e. The summed E-state index contributed by atoms with van der Waals surface area (Å²) in [5.74, 6) is 0.464. The van der Waals surface area contributed by atoms with Crippen molar-refractivity contribution in [1.82, 2.24) is 4.31 Å². The SMILES string of the molecule is O=C1CCN(SOOc2ccccc2)C1CF. The number of hydrogen-bond donors (Lipinski definition) is 0. The van der Waals surface area contributed by atoms with E-state index in [1.807, 2.05) is 18.2 Å². The van der Waals surface area contributed by atoms with Crippen LogP contribution in [0.3, 0.4) is 0 Å². The zero-order valence-electron chi connectivity index (χ0n) is 9.04. The van der Waals surface area contributed by atoms with Crippen LogP contribution in [0.2, 0.25) is 0 Å². The highest BCUT2D eigenvalue weighted by atomic mass is 32.2. The maximum Gasteiger partial charge on any atom is 0.166 e. The number of ketones is 1. The topological polar surface area (TPSA) is 38.8 Å². The molecule has 0 radical (unpaired) electrons. The summed E-state index contributed by atoms with van der Waals surface area (Å²) in [5.41, 5.74) is 0. The first-order valence-corrected chi connectivity index (χ1v) is 5.93. The second kappa shape index (κ2) is 6.00. The van der Waals surface area contributed by atoms with E-state index in [9.17, 15) is 9.18 Å². The Bertz CT molecular complexity index is 376. The van der Waals surface area contributed by atoms with Gasteiger partial charge in [-0.15, -0.1) is 0 Å². The zero-order chi connectivity index (χ0) is 12.1. The van der Waals surface area contributed by atoms with Gasteiger partial charge in [0.25, 0.3) is 0 Å². The monoisotopic (exact) mass is 257 g/mol. The number of rotatable bonds is 5. The molecule has 1 aliphatic heterocycles. The number of halogens is 1. The van der Waals surface area contributed by atoms with Gasteiger partial charge in [0.05, 0.1) is 0 Å². The fourth-order valence-corrected chi connectivity index (χ4v) is 2.16. The fourth-order valence-electron chi connectivity index (χ4n) is 1.53. The number of hydrogen-bond acceptors (Lipinski definition) is 5. The van der Waals surface area contributed by atoms with Crippen molar-refractivity contribution in [3.05, 3.63) is 30.3 Å². The normalized spacial score (nSPS) is 20.8. The van der Waals surface area contributed by atoms with E-state index in [4.69, 9.17) is 9.22 Å². The number of Topliss-reactive ketones (excluding diaryl/α,β-unsaturated/α-hetero) is 1. The van der Waals surface area contributed by atoms with Crippen LogP contribution in [0.25, 0.3) is 0 Å². The van der Waals surface area contributed by atoms with Crippen molar-refractivity contribution in [3.63, 3.8) is 0 Å². The first kappa shape index (κ1) is 12.3. The minimum atomic E-state index is -0.709. The average molecular weight is 257 g/mol. The van der Waals surface area contributed by atoms with E-state index in [2.05, 4.69) is 0 Å². The van der Waals surface area contributed by atoms with E-state index in [1.165, 1.54) is 0 Å². The standard InChI is InChI=1S/C11H12FNO3S/c12-8-10-11(14)6-7-13(10)17-16-15-9-4-2-1-3-5-9/h1-5,10H,6-8H2. The van der Waals surface area contributed by atoms with Crippen molar-refractivity contribution in [2.24, 2.45) is 0 Å². The molecule has 1 unspecified atom stereocenters. The maximum atomic E-state index is 12.6. The molecule has 0 aromatic heterocycles. The van der Waals surface area contributed by atoms with Crippen molar-refractivity contribution in [1.29, 1.82) is 0 Å². The highest BCUT2D eigenvalue weighted by Gasteiger charge is 2.33. The molecule has 1 fully saturated rings. The Morgan fingerprint density at radius 1 is 1.41 bits per heavy atom. The van der Waals surface area contributed by atoms with E-state index in [0.717, 1.165) is 12.2 Å². The van der Waals surface area contributed by atoms with Crippen LogP contribution in [-0.4, -0.2) is 29.3 Å². The van der Waals surface area contributed by atoms with Crippen molar-refractivity contribution in [2.45, 2.75) is 12.5 Å². The van der Waals surface area contributed by atoms with Gasteiger partial charge in [-0.05, 0) is 12.1 Å². The molecule has 1 aromatic carbocycles. The van der Waals surface area contributed by atoms with Gasteiger partial charge in [-0.2, -0.15) is 0 Å². The van der Waals surface area contributed by atoms with Crippen LogP contribution >= 0.6 is 12.2 Å². The molecule has 0 N–H and O–H groups in total. The van der Waals surface area contributed by atoms with Crippen LogP contribution in [0.1, 0.15) is 6.42 Å². The Morgan fingerprint density at radius 3 is 2.88 bits per heavy atom. The average Bonchev–Trinajstić information content (AvgIpc) is 2.71. The van der Waals surface area contributed by atoms with Gasteiger partial charge >= 0.3 is 0 Å². The molecule has 92 valence electrons. The lowest BCUT2D eigenvalue weighted by atomic mass is 10.2. The lowest BCUT2D eigenvalue weighted by Crippen LogP contribution is -2.30. The van der Waals surface area contributed by atoms with Crippen LogP contribution in [0.15, 0.2) is 30.3 Å². The summed E-state index contributed by atoms with van der Waals surface area (Å²) in [6.45, 7) is -0.212. The molecule has 17 heavy (non-hydrogen) atoms. The Balaban J connectivity index is 1.77. The van der Waals surface area contributed by atoms with E-state index in [-0.39, 0.29) is 5.78 Å². The van der Waals surface area contributed by atoms with Gasteiger partial charge in [-0.1, -0.05) is 22.5 Å². The first-order chi connectivity index (χ1) is 8.31. The second-order valence-electron chi connectivity index (χ2n) is 3.57. The third-order valence-corrected chi connectivity index (χ3v) is 3.20. The van der Waals surface area contributed by atoms with E-state index in [1.54, 1.807) is 16.4 Å². The van der Waals surface area contributed by atoms with E-state index >= 15 is 0 Å². The van der Waals surface area contributed by atoms with Gasteiger partial charge < -0.3 is 4.89 Å². The number of alkyl halides is 1. The summed E-state index contributed by atoms with van der Waals surface area (Å²) >= 11 is 0.866. The molecule has 1 saturated heterocycles. The van der Waals surface area contributed by atoms with Gasteiger partial charge in [0, 0.05) is 13.0 Å². The third-order valence-electron chi connectivity index (χ3n) is 2.44. The fraction of sp³-hybridized carbons (Fsp3) is 0.364. The summed E-state index contributed by atoms with van der Waals surface area (Å²) in [5, 5.41) is 0. The number of carbonyl (C=O) groups is 1. The smallest absolute Gasteiger partial charge is 0.166 e. The molecule has 0 aliphatic carbocycles. The summed E-state index contributed by atoms with van der Waals surface area (Å²) in [6, 6.07) is 8.25. The first-order valence-electron chi connectivity index (χ1n) is 5.23. The second-order valence-corrected chi connectivity index (χ2v) is 4.32. The Kier molecular flexibility index (Phi) is 4.36. The largest absolute Gasteiger partial charge is 0.324 e. The third kappa shape index (κ3) is 3.18. The van der Waals surface area contributed by atoms with Crippen molar-refractivity contribution in [2.75, 3.05) is 13.2 Å². The lowest BCUT2D eigenvalue weighted by molar-refractivity contribution is -0.120. The summed E-state index contributed by atoms with van der Waals surface area (Å²) < 4.78 is 19.0. The van der Waals surface area contributed by atoms with Crippen molar-refractivity contribution < 1.29 is 18.4 Å². The molecule has 0 amide bonds. The van der Waals surface area contributed by atoms with Crippen LogP contribution in [0.4, 0.5) is 4.39 Å². The highest BCUT2D eigenvalue weighted by Crippen LogP contribution is 2.24. The lowest BCUT2D eigenvalue weighted by Gasteiger charge is -2.16. The van der Waals surface area contributed by atoms with Crippen molar-refractivity contribution >= 4 is 18.0 Å². The zero-order valence-corrected chi connectivity index (χ0v) is 9.86. The molecule has 1 atom stereocenters. The summed E-state index contributed by atoms with van der Waals surface area (Å²) in [7, 11) is 0. The van der Waals surface area contributed by atoms with Crippen LogP contribution in [0, 0.1) is 0 Å². The molecule has 1 aliphatic rings. The Labute approximate surface area is 103 Å². The molecule has 4 nitrogen and oxygen atoms in total. The Hall–Kier alpha value is -1.11. The number of nitrogens with zero attached hydrogens (tertiary/aromatic N) is 1. The summed E-state index contributed by atoms with van der Waals surface area (Å²) in [4.78, 5) is 16.2.